The molecule has 0 spiro atoms. The number of rotatable bonds is 2. The highest BCUT2D eigenvalue weighted by Gasteiger charge is 2.58. The van der Waals surface area contributed by atoms with E-state index in [-0.39, 0.29) is 18.1 Å². The van der Waals surface area contributed by atoms with Gasteiger partial charge in [-0.25, -0.2) is 0 Å². The van der Waals surface area contributed by atoms with E-state index in [2.05, 4.69) is 0 Å². The first-order valence-electron chi connectivity index (χ1n) is 4.73. The third kappa shape index (κ3) is 1.25. The molecule has 80 valence electrons. The minimum Gasteiger partial charge on any atom is -0.481 e. The Balaban J connectivity index is 3.08. The van der Waals surface area contributed by atoms with E-state index in [4.69, 9.17) is 5.11 Å². The third-order valence-electron chi connectivity index (χ3n) is 3.36. The molecule has 1 saturated carbocycles. The van der Waals surface area contributed by atoms with Crippen molar-refractivity contribution in [3.8, 4) is 0 Å². The topological polar surface area (TPSA) is 74.6 Å². The fraction of sp³-hybridized carbons (Fsp3) is 0.800. The quantitative estimate of drug-likeness (QED) is 0.692. The van der Waals surface area contributed by atoms with Gasteiger partial charge in [-0.1, -0.05) is 6.92 Å². The van der Waals surface area contributed by atoms with Crippen LogP contribution < -0.4 is 0 Å². The molecular formula is C10H16O4. The van der Waals surface area contributed by atoms with Crippen molar-refractivity contribution in [2.45, 2.75) is 39.2 Å². The van der Waals surface area contributed by atoms with Crippen LogP contribution in [-0.4, -0.2) is 27.6 Å². The number of carboxylic acids is 1. The number of hydrogen-bond acceptors (Lipinski definition) is 3. The van der Waals surface area contributed by atoms with E-state index >= 15 is 0 Å². The van der Waals surface area contributed by atoms with E-state index in [9.17, 15) is 14.7 Å². The van der Waals surface area contributed by atoms with E-state index in [1.807, 2.05) is 0 Å². The second-order valence-corrected chi connectivity index (χ2v) is 4.59. The Hall–Kier alpha value is -0.900. The molecule has 0 saturated heterocycles. The zero-order valence-electron chi connectivity index (χ0n) is 8.70. The Morgan fingerprint density at radius 2 is 2.07 bits per heavy atom. The molecule has 1 rings (SSSR count). The highest BCUT2D eigenvalue weighted by atomic mass is 16.4. The number of Topliss-reactive ketones (excluding diaryl/α,β-unsaturated/α-hetero) is 1. The summed E-state index contributed by atoms with van der Waals surface area (Å²) in [6.07, 6.45) is 0.804. The lowest BCUT2D eigenvalue weighted by atomic mass is 9.72. The first kappa shape index (κ1) is 11.2. The number of hydrogen-bond donors (Lipinski definition) is 2. The zero-order chi connectivity index (χ0) is 11.1. The van der Waals surface area contributed by atoms with Crippen LogP contribution in [0.2, 0.25) is 0 Å². The van der Waals surface area contributed by atoms with Crippen LogP contribution in [0, 0.1) is 11.3 Å². The highest BCUT2D eigenvalue weighted by molar-refractivity contribution is 5.96. The Bertz CT molecular complexity index is 282. The van der Waals surface area contributed by atoms with Crippen molar-refractivity contribution in [2.24, 2.45) is 11.3 Å². The summed E-state index contributed by atoms with van der Waals surface area (Å²) >= 11 is 0. The molecule has 0 aromatic heterocycles. The maximum absolute atomic E-state index is 11.7. The Morgan fingerprint density at radius 3 is 2.36 bits per heavy atom. The summed E-state index contributed by atoms with van der Waals surface area (Å²) in [4.78, 5) is 22.6. The molecule has 1 aliphatic carbocycles. The molecule has 0 aromatic rings. The minimum absolute atomic E-state index is 0.237. The van der Waals surface area contributed by atoms with Crippen LogP contribution in [0.1, 0.15) is 33.6 Å². The van der Waals surface area contributed by atoms with Crippen LogP contribution >= 0.6 is 0 Å². The molecule has 0 radical (unpaired) electrons. The summed E-state index contributed by atoms with van der Waals surface area (Å²) < 4.78 is 0. The van der Waals surface area contributed by atoms with Gasteiger partial charge >= 0.3 is 5.97 Å². The average Bonchev–Trinajstić information content (AvgIpc) is 2.34. The largest absolute Gasteiger partial charge is 0.481 e. The van der Waals surface area contributed by atoms with Gasteiger partial charge in [0.1, 0.15) is 5.60 Å². The van der Waals surface area contributed by atoms with E-state index < -0.39 is 17.0 Å². The lowest BCUT2D eigenvalue weighted by Gasteiger charge is -2.34. The maximum Gasteiger partial charge on any atom is 0.312 e. The molecule has 4 nitrogen and oxygen atoms in total. The van der Waals surface area contributed by atoms with Crippen molar-refractivity contribution < 1.29 is 19.8 Å². The van der Waals surface area contributed by atoms with Gasteiger partial charge in [0.25, 0.3) is 0 Å². The molecule has 1 aliphatic rings. The Morgan fingerprint density at radius 1 is 1.57 bits per heavy atom. The molecule has 4 heteroatoms. The molecule has 0 aromatic carbocycles. The van der Waals surface area contributed by atoms with Crippen LogP contribution in [0.4, 0.5) is 0 Å². The first-order valence-corrected chi connectivity index (χ1v) is 4.73. The molecule has 2 N–H and O–H groups in total. The lowest BCUT2D eigenvalue weighted by Crippen LogP contribution is -2.53. The van der Waals surface area contributed by atoms with Crippen LogP contribution in [0.25, 0.3) is 0 Å². The van der Waals surface area contributed by atoms with Crippen LogP contribution in [-0.2, 0) is 9.59 Å². The normalized spacial score (nSPS) is 33.4. The van der Waals surface area contributed by atoms with E-state index in [0.717, 1.165) is 0 Å². The molecule has 0 amide bonds. The molecule has 1 fully saturated rings. The second kappa shape index (κ2) is 3.05. The van der Waals surface area contributed by atoms with E-state index in [1.165, 1.54) is 13.8 Å². The standard InChI is InChI=1S/C10H16O4/c1-6-4-5-10(14,7(6)11)9(2,3)8(12)13/h6,14H,4-5H2,1-3H3,(H,12,13). The van der Waals surface area contributed by atoms with Crippen molar-refractivity contribution in [2.75, 3.05) is 0 Å². The third-order valence-corrected chi connectivity index (χ3v) is 3.36. The number of aliphatic carboxylic acids is 1. The number of aliphatic hydroxyl groups is 1. The van der Waals surface area contributed by atoms with Gasteiger partial charge in [-0.3, -0.25) is 9.59 Å². The van der Waals surface area contributed by atoms with Crippen molar-refractivity contribution in [3.05, 3.63) is 0 Å². The minimum atomic E-state index is -1.70. The van der Waals surface area contributed by atoms with Gasteiger partial charge in [-0.2, -0.15) is 0 Å². The van der Waals surface area contributed by atoms with E-state index in [1.54, 1.807) is 6.92 Å². The predicted molar refractivity (Wildman–Crippen MR) is 49.8 cm³/mol. The van der Waals surface area contributed by atoms with Crippen LogP contribution in [0.5, 0.6) is 0 Å². The van der Waals surface area contributed by atoms with Gasteiger partial charge in [0.15, 0.2) is 5.78 Å². The molecule has 14 heavy (non-hydrogen) atoms. The highest BCUT2D eigenvalue weighted by Crippen LogP contribution is 2.43. The van der Waals surface area contributed by atoms with Crippen molar-refractivity contribution in [1.29, 1.82) is 0 Å². The van der Waals surface area contributed by atoms with Gasteiger partial charge in [0.05, 0.1) is 5.41 Å². The van der Waals surface area contributed by atoms with Crippen molar-refractivity contribution in [1.82, 2.24) is 0 Å². The van der Waals surface area contributed by atoms with Gasteiger partial charge in [0, 0.05) is 5.92 Å². The summed E-state index contributed by atoms with van der Waals surface area (Å²) in [5, 5.41) is 19.1. The number of carboxylic acid groups (broad SMARTS) is 1. The van der Waals surface area contributed by atoms with Gasteiger partial charge in [-0.05, 0) is 26.7 Å². The maximum atomic E-state index is 11.7. The summed E-state index contributed by atoms with van der Waals surface area (Å²) in [5.41, 5.74) is -3.10. The summed E-state index contributed by atoms with van der Waals surface area (Å²) in [6, 6.07) is 0. The van der Waals surface area contributed by atoms with E-state index in [0.29, 0.717) is 6.42 Å². The Kier molecular flexibility index (Phi) is 2.44. The number of ketones is 1. The van der Waals surface area contributed by atoms with Crippen molar-refractivity contribution in [3.63, 3.8) is 0 Å². The molecule has 2 atom stereocenters. The molecule has 0 heterocycles. The fourth-order valence-corrected chi connectivity index (χ4v) is 1.88. The summed E-state index contributed by atoms with van der Waals surface area (Å²) in [5.74, 6) is -1.72. The second-order valence-electron chi connectivity index (χ2n) is 4.59. The summed E-state index contributed by atoms with van der Waals surface area (Å²) in [7, 11) is 0. The predicted octanol–water partition coefficient (Wildman–Crippen LogP) is 0.827. The first-order chi connectivity index (χ1) is 6.23. The monoisotopic (exact) mass is 200 g/mol. The molecule has 0 bridgehead atoms. The lowest BCUT2D eigenvalue weighted by molar-refractivity contribution is -0.170. The Labute approximate surface area is 82.9 Å². The molecule has 2 unspecified atom stereocenters. The number of carbonyl (C=O) groups excluding carboxylic acids is 1. The SMILES string of the molecule is CC1CCC(O)(C(C)(C)C(=O)O)C1=O. The van der Waals surface area contributed by atoms with Crippen molar-refractivity contribution >= 4 is 11.8 Å². The van der Waals surface area contributed by atoms with Crippen LogP contribution in [0.3, 0.4) is 0 Å². The molecule has 0 aliphatic heterocycles. The summed E-state index contributed by atoms with van der Waals surface area (Å²) in [6.45, 7) is 4.51. The zero-order valence-corrected chi connectivity index (χ0v) is 8.70. The average molecular weight is 200 g/mol. The number of carbonyl (C=O) groups is 2. The molecular weight excluding hydrogens is 184 g/mol. The van der Waals surface area contributed by atoms with Gasteiger partial charge in [-0.15, -0.1) is 0 Å². The fourth-order valence-electron chi connectivity index (χ4n) is 1.88. The van der Waals surface area contributed by atoms with Crippen LogP contribution in [0.15, 0.2) is 0 Å². The van der Waals surface area contributed by atoms with Gasteiger partial charge in [0.2, 0.25) is 0 Å². The van der Waals surface area contributed by atoms with Gasteiger partial charge < -0.3 is 10.2 Å². The smallest absolute Gasteiger partial charge is 0.312 e.